The number of unbranched alkanes of at least 4 members (excludes halogenated alkanes) is 2. The number of nitrogens with zero attached hydrogens (tertiary/aromatic N) is 1. The van der Waals surface area contributed by atoms with Crippen LogP contribution in [-0.2, 0) is 0 Å². The van der Waals surface area contributed by atoms with E-state index in [4.69, 9.17) is 5.73 Å². The lowest BCUT2D eigenvalue weighted by molar-refractivity contribution is 0.162. The third-order valence-electron chi connectivity index (χ3n) is 3.75. The van der Waals surface area contributed by atoms with Crippen LogP contribution in [0, 0.1) is 5.92 Å². The Hall–Kier alpha value is -0.0800. The van der Waals surface area contributed by atoms with Gasteiger partial charge in [0.25, 0.3) is 0 Å². The SMILES string of the molecule is CC1CCCC(N(C)CCCCCN)C1. The van der Waals surface area contributed by atoms with Gasteiger partial charge in [-0.15, -0.1) is 0 Å². The zero-order valence-corrected chi connectivity index (χ0v) is 10.5. The van der Waals surface area contributed by atoms with E-state index in [1.807, 2.05) is 0 Å². The number of nitrogens with two attached hydrogens (primary N) is 1. The first-order valence-electron chi connectivity index (χ1n) is 6.64. The van der Waals surface area contributed by atoms with Crippen LogP contribution in [0.25, 0.3) is 0 Å². The summed E-state index contributed by atoms with van der Waals surface area (Å²) in [5.41, 5.74) is 5.49. The molecule has 1 aliphatic rings. The second kappa shape index (κ2) is 7.24. The Kier molecular flexibility index (Phi) is 6.26. The molecule has 1 rings (SSSR count). The fraction of sp³-hybridized carbons (Fsp3) is 1.00. The molecular weight excluding hydrogens is 184 g/mol. The van der Waals surface area contributed by atoms with Gasteiger partial charge in [0.15, 0.2) is 0 Å². The van der Waals surface area contributed by atoms with Crippen LogP contribution in [0.5, 0.6) is 0 Å². The average molecular weight is 212 g/mol. The maximum atomic E-state index is 5.49. The van der Waals surface area contributed by atoms with Crippen molar-refractivity contribution < 1.29 is 0 Å². The Balaban J connectivity index is 2.12. The van der Waals surface area contributed by atoms with E-state index in [9.17, 15) is 0 Å². The largest absolute Gasteiger partial charge is 0.330 e. The molecule has 2 nitrogen and oxygen atoms in total. The summed E-state index contributed by atoms with van der Waals surface area (Å²) in [5, 5.41) is 0. The van der Waals surface area contributed by atoms with Crippen molar-refractivity contribution in [2.75, 3.05) is 20.1 Å². The first-order valence-corrected chi connectivity index (χ1v) is 6.64. The molecule has 0 amide bonds. The molecule has 0 aromatic carbocycles. The van der Waals surface area contributed by atoms with E-state index in [1.54, 1.807) is 0 Å². The maximum Gasteiger partial charge on any atom is 0.00947 e. The Labute approximate surface area is 95.2 Å². The molecule has 2 atom stereocenters. The van der Waals surface area contributed by atoms with Crippen molar-refractivity contribution in [2.45, 2.75) is 57.9 Å². The minimum Gasteiger partial charge on any atom is -0.330 e. The van der Waals surface area contributed by atoms with Crippen molar-refractivity contribution in [3.63, 3.8) is 0 Å². The molecule has 1 saturated carbocycles. The van der Waals surface area contributed by atoms with Crippen LogP contribution in [-0.4, -0.2) is 31.1 Å². The smallest absolute Gasteiger partial charge is 0.00947 e. The summed E-state index contributed by atoms with van der Waals surface area (Å²) in [6.45, 7) is 4.51. The Morgan fingerprint density at radius 2 is 2.00 bits per heavy atom. The Morgan fingerprint density at radius 3 is 2.67 bits per heavy atom. The molecule has 0 aromatic heterocycles. The fourth-order valence-corrected chi connectivity index (χ4v) is 2.67. The summed E-state index contributed by atoms with van der Waals surface area (Å²) in [6, 6.07) is 0.853. The van der Waals surface area contributed by atoms with Crippen molar-refractivity contribution in [3.8, 4) is 0 Å². The standard InChI is InChI=1S/C13H28N2/c1-12-7-6-8-13(11-12)15(2)10-5-3-4-9-14/h12-13H,3-11,14H2,1-2H3. The van der Waals surface area contributed by atoms with Crippen molar-refractivity contribution in [1.82, 2.24) is 4.90 Å². The highest BCUT2D eigenvalue weighted by atomic mass is 15.1. The minimum absolute atomic E-state index is 0.851. The van der Waals surface area contributed by atoms with Crippen molar-refractivity contribution in [2.24, 2.45) is 11.7 Å². The van der Waals surface area contributed by atoms with Gasteiger partial charge in [-0.2, -0.15) is 0 Å². The van der Waals surface area contributed by atoms with Gasteiger partial charge in [0.2, 0.25) is 0 Å². The van der Waals surface area contributed by atoms with Gasteiger partial charge < -0.3 is 10.6 Å². The predicted molar refractivity (Wildman–Crippen MR) is 67.0 cm³/mol. The molecule has 0 aliphatic heterocycles. The maximum absolute atomic E-state index is 5.49. The summed E-state index contributed by atoms with van der Waals surface area (Å²) >= 11 is 0. The third-order valence-corrected chi connectivity index (χ3v) is 3.75. The summed E-state index contributed by atoms with van der Waals surface area (Å²) in [4.78, 5) is 2.58. The van der Waals surface area contributed by atoms with Crippen LogP contribution >= 0.6 is 0 Å². The summed E-state index contributed by atoms with van der Waals surface area (Å²) < 4.78 is 0. The second-order valence-electron chi connectivity index (χ2n) is 5.26. The molecule has 0 bridgehead atoms. The molecule has 2 N–H and O–H groups in total. The van der Waals surface area contributed by atoms with Crippen LogP contribution in [0.3, 0.4) is 0 Å². The molecule has 2 unspecified atom stereocenters. The van der Waals surface area contributed by atoms with Gasteiger partial charge in [-0.3, -0.25) is 0 Å². The molecular formula is C13H28N2. The first kappa shape index (κ1) is 13.0. The highest BCUT2D eigenvalue weighted by Crippen LogP contribution is 2.26. The summed E-state index contributed by atoms with van der Waals surface area (Å²) in [5.74, 6) is 0.940. The highest BCUT2D eigenvalue weighted by molar-refractivity contribution is 4.76. The Morgan fingerprint density at radius 1 is 1.20 bits per heavy atom. The van der Waals surface area contributed by atoms with Gasteiger partial charge in [0.1, 0.15) is 0 Å². The van der Waals surface area contributed by atoms with Gasteiger partial charge in [-0.05, 0) is 51.7 Å². The lowest BCUT2D eigenvalue weighted by Crippen LogP contribution is -2.36. The van der Waals surface area contributed by atoms with Crippen molar-refractivity contribution in [1.29, 1.82) is 0 Å². The molecule has 0 aromatic rings. The van der Waals surface area contributed by atoms with E-state index in [1.165, 1.54) is 51.5 Å². The van der Waals surface area contributed by atoms with E-state index in [0.29, 0.717) is 0 Å². The third kappa shape index (κ3) is 4.98. The van der Waals surface area contributed by atoms with Crippen LogP contribution in [0.1, 0.15) is 51.9 Å². The predicted octanol–water partition coefficient (Wildman–Crippen LogP) is 2.63. The average Bonchev–Trinajstić information content (AvgIpc) is 2.24. The molecule has 0 saturated heterocycles. The topological polar surface area (TPSA) is 29.3 Å². The summed E-state index contributed by atoms with van der Waals surface area (Å²) in [6.07, 6.45) is 9.50. The normalized spacial score (nSPS) is 27.2. The molecule has 0 heterocycles. The lowest BCUT2D eigenvalue weighted by Gasteiger charge is -2.34. The van der Waals surface area contributed by atoms with Crippen molar-refractivity contribution in [3.05, 3.63) is 0 Å². The monoisotopic (exact) mass is 212 g/mol. The quantitative estimate of drug-likeness (QED) is 0.686. The van der Waals surface area contributed by atoms with E-state index < -0.39 is 0 Å². The molecule has 0 spiro atoms. The van der Waals surface area contributed by atoms with E-state index in [0.717, 1.165) is 18.5 Å². The number of hydrogen-bond donors (Lipinski definition) is 1. The molecule has 0 radical (unpaired) electrons. The van der Waals surface area contributed by atoms with Crippen molar-refractivity contribution >= 4 is 0 Å². The van der Waals surface area contributed by atoms with E-state index in [-0.39, 0.29) is 0 Å². The fourth-order valence-electron chi connectivity index (χ4n) is 2.67. The van der Waals surface area contributed by atoms with Gasteiger partial charge in [-0.25, -0.2) is 0 Å². The highest BCUT2D eigenvalue weighted by Gasteiger charge is 2.21. The molecule has 1 fully saturated rings. The Bertz CT molecular complexity index is 159. The zero-order valence-electron chi connectivity index (χ0n) is 10.5. The number of hydrogen-bond acceptors (Lipinski definition) is 2. The van der Waals surface area contributed by atoms with Gasteiger partial charge in [0, 0.05) is 6.04 Å². The minimum atomic E-state index is 0.851. The van der Waals surface area contributed by atoms with Crippen LogP contribution in [0.2, 0.25) is 0 Å². The molecule has 90 valence electrons. The van der Waals surface area contributed by atoms with E-state index in [2.05, 4.69) is 18.9 Å². The molecule has 15 heavy (non-hydrogen) atoms. The van der Waals surface area contributed by atoms with Gasteiger partial charge in [-0.1, -0.05) is 26.2 Å². The van der Waals surface area contributed by atoms with Crippen LogP contribution < -0.4 is 5.73 Å². The summed E-state index contributed by atoms with van der Waals surface area (Å²) in [7, 11) is 2.30. The van der Waals surface area contributed by atoms with E-state index >= 15 is 0 Å². The van der Waals surface area contributed by atoms with Gasteiger partial charge >= 0.3 is 0 Å². The molecule has 1 aliphatic carbocycles. The van der Waals surface area contributed by atoms with Crippen LogP contribution in [0.4, 0.5) is 0 Å². The number of rotatable bonds is 6. The van der Waals surface area contributed by atoms with Crippen LogP contribution in [0.15, 0.2) is 0 Å². The second-order valence-corrected chi connectivity index (χ2v) is 5.26. The first-order chi connectivity index (χ1) is 7.24. The molecule has 2 heteroatoms. The lowest BCUT2D eigenvalue weighted by atomic mass is 9.86. The zero-order chi connectivity index (χ0) is 11.1. The van der Waals surface area contributed by atoms with Gasteiger partial charge in [0.05, 0.1) is 0 Å².